The van der Waals surface area contributed by atoms with Gasteiger partial charge in [0.15, 0.2) is 5.65 Å². The van der Waals surface area contributed by atoms with E-state index in [1.54, 1.807) is 31.3 Å². The van der Waals surface area contributed by atoms with Crippen molar-refractivity contribution in [3.05, 3.63) is 34.9 Å². The van der Waals surface area contributed by atoms with Gasteiger partial charge < -0.3 is 10.1 Å². The first-order chi connectivity index (χ1) is 10.6. The molecular weight excluding hydrogens is 288 g/mol. The molecule has 0 atom stereocenters. The summed E-state index contributed by atoms with van der Waals surface area (Å²) in [6.45, 7) is 2.29. The van der Waals surface area contributed by atoms with Gasteiger partial charge in [0.1, 0.15) is 6.54 Å². The van der Waals surface area contributed by atoms with Gasteiger partial charge >= 0.3 is 11.7 Å². The summed E-state index contributed by atoms with van der Waals surface area (Å²) in [4.78, 5) is 34.9. The van der Waals surface area contributed by atoms with Crippen molar-refractivity contribution in [3.8, 4) is 0 Å². The Kier molecular flexibility index (Phi) is 5.29. The molecule has 0 aliphatic heterocycles. The Morgan fingerprint density at radius 2 is 2.18 bits per heavy atom. The maximum absolute atomic E-state index is 12.0. The fourth-order valence-corrected chi connectivity index (χ4v) is 1.96. The topological polar surface area (TPSA) is 94.7 Å². The first kappa shape index (κ1) is 15.7. The van der Waals surface area contributed by atoms with Gasteiger partial charge in [-0.25, -0.2) is 9.48 Å². The summed E-state index contributed by atoms with van der Waals surface area (Å²) in [5.74, 6) is -0.609. The van der Waals surface area contributed by atoms with Gasteiger partial charge in [-0.05, 0) is 25.5 Å². The van der Waals surface area contributed by atoms with Crippen molar-refractivity contribution in [2.75, 3.05) is 13.2 Å². The van der Waals surface area contributed by atoms with Crippen LogP contribution >= 0.6 is 0 Å². The molecule has 0 radical (unpaired) electrons. The van der Waals surface area contributed by atoms with E-state index in [1.807, 2.05) is 0 Å². The van der Waals surface area contributed by atoms with Gasteiger partial charge in [-0.2, -0.15) is 0 Å². The highest BCUT2D eigenvalue weighted by Crippen LogP contribution is 1.95. The number of fused-ring (bicyclic) bond motifs is 1. The zero-order chi connectivity index (χ0) is 15.9. The molecule has 1 N–H and O–H groups in total. The number of ether oxygens (including phenoxy) is 1. The highest BCUT2D eigenvalue weighted by atomic mass is 16.5. The van der Waals surface area contributed by atoms with E-state index < -0.39 is 0 Å². The van der Waals surface area contributed by atoms with Crippen LogP contribution in [-0.4, -0.2) is 39.2 Å². The highest BCUT2D eigenvalue weighted by Gasteiger charge is 2.10. The minimum Gasteiger partial charge on any atom is -0.466 e. The first-order valence-electron chi connectivity index (χ1n) is 7.08. The van der Waals surface area contributed by atoms with E-state index in [1.165, 1.54) is 4.40 Å². The fourth-order valence-electron chi connectivity index (χ4n) is 1.96. The lowest BCUT2D eigenvalue weighted by Gasteiger charge is -2.04. The third-order valence-electron chi connectivity index (χ3n) is 2.97. The van der Waals surface area contributed by atoms with Crippen LogP contribution in [0.5, 0.6) is 0 Å². The van der Waals surface area contributed by atoms with Crippen molar-refractivity contribution in [1.29, 1.82) is 0 Å². The van der Waals surface area contributed by atoms with Crippen LogP contribution in [0.4, 0.5) is 0 Å². The molecule has 22 heavy (non-hydrogen) atoms. The predicted octanol–water partition coefficient (Wildman–Crippen LogP) is -0.0445. The quantitative estimate of drug-likeness (QED) is 0.572. The van der Waals surface area contributed by atoms with E-state index in [4.69, 9.17) is 4.74 Å². The SMILES string of the molecule is CCOC(=O)CCCNC(=O)Cn1nc2ccccn2c1=O. The van der Waals surface area contributed by atoms with Crippen LogP contribution in [0.2, 0.25) is 0 Å². The normalized spacial score (nSPS) is 10.6. The molecule has 2 aromatic rings. The minimum absolute atomic E-state index is 0.153. The molecule has 8 nitrogen and oxygen atoms in total. The van der Waals surface area contributed by atoms with Gasteiger partial charge in [0, 0.05) is 19.2 Å². The number of nitrogens with zero attached hydrogens (tertiary/aromatic N) is 3. The van der Waals surface area contributed by atoms with Crippen LogP contribution in [0.15, 0.2) is 29.2 Å². The molecule has 0 aliphatic rings. The van der Waals surface area contributed by atoms with E-state index in [9.17, 15) is 14.4 Å². The minimum atomic E-state index is -0.364. The van der Waals surface area contributed by atoms with Gasteiger partial charge in [-0.15, -0.1) is 5.10 Å². The summed E-state index contributed by atoms with van der Waals surface area (Å²) in [5, 5.41) is 6.71. The Morgan fingerprint density at radius 3 is 2.91 bits per heavy atom. The smallest absolute Gasteiger partial charge is 0.350 e. The molecule has 2 rings (SSSR count). The molecule has 0 spiro atoms. The number of esters is 1. The van der Waals surface area contributed by atoms with Crippen LogP contribution in [0, 0.1) is 0 Å². The van der Waals surface area contributed by atoms with E-state index >= 15 is 0 Å². The molecule has 0 aromatic carbocycles. The average molecular weight is 306 g/mol. The van der Waals surface area contributed by atoms with Crippen molar-refractivity contribution < 1.29 is 14.3 Å². The van der Waals surface area contributed by atoms with Crippen molar-refractivity contribution in [2.45, 2.75) is 26.3 Å². The number of rotatable bonds is 7. The molecule has 0 saturated heterocycles. The second-order valence-corrected chi connectivity index (χ2v) is 4.63. The zero-order valence-electron chi connectivity index (χ0n) is 12.3. The summed E-state index contributed by atoms with van der Waals surface area (Å²) in [6, 6.07) is 5.17. The predicted molar refractivity (Wildman–Crippen MR) is 78.3 cm³/mol. The molecule has 0 fully saturated rings. The monoisotopic (exact) mass is 306 g/mol. The number of carbonyl (C=O) groups is 2. The first-order valence-corrected chi connectivity index (χ1v) is 7.08. The van der Waals surface area contributed by atoms with Gasteiger partial charge in [0.25, 0.3) is 0 Å². The van der Waals surface area contributed by atoms with E-state index in [0.717, 1.165) is 4.68 Å². The van der Waals surface area contributed by atoms with Crippen molar-refractivity contribution in [3.63, 3.8) is 0 Å². The molecule has 0 aliphatic carbocycles. The Morgan fingerprint density at radius 1 is 1.36 bits per heavy atom. The second kappa shape index (κ2) is 7.39. The Balaban J connectivity index is 1.83. The Bertz CT molecular complexity index is 719. The molecule has 0 saturated carbocycles. The third kappa shape index (κ3) is 3.94. The van der Waals surface area contributed by atoms with E-state index in [0.29, 0.717) is 25.2 Å². The number of hydrogen-bond acceptors (Lipinski definition) is 5. The lowest BCUT2D eigenvalue weighted by Crippen LogP contribution is -2.33. The summed E-state index contributed by atoms with van der Waals surface area (Å²) in [5.41, 5.74) is 0.125. The second-order valence-electron chi connectivity index (χ2n) is 4.63. The molecule has 2 heterocycles. The van der Waals surface area contributed by atoms with Gasteiger partial charge in [0.05, 0.1) is 6.61 Å². The summed E-state index contributed by atoms with van der Waals surface area (Å²) < 4.78 is 7.26. The molecular formula is C14H18N4O4. The zero-order valence-corrected chi connectivity index (χ0v) is 12.3. The number of hydrogen-bond donors (Lipinski definition) is 1. The maximum atomic E-state index is 12.0. The summed E-state index contributed by atoms with van der Waals surface area (Å²) >= 11 is 0. The Hall–Kier alpha value is -2.64. The summed E-state index contributed by atoms with van der Waals surface area (Å²) in [7, 11) is 0. The van der Waals surface area contributed by atoms with E-state index in [-0.39, 0.29) is 30.5 Å². The van der Waals surface area contributed by atoms with Gasteiger partial charge in [-0.3, -0.25) is 14.0 Å². The maximum Gasteiger partial charge on any atom is 0.350 e. The standard InChI is InChI=1S/C14H18N4O4/c1-2-22-13(20)7-5-8-15-12(19)10-18-14(21)17-9-4-3-6-11(17)16-18/h3-4,6,9H,2,5,7-8,10H2,1H3,(H,15,19). The number of carbonyl (C=O) groups excluding carboxylic acids is 2. The molecule has 1 amide bonds. The average Bonchev–Trinajstić information content (AvgIpc) is 2.81. The van der Waals surface area contributed by atoms with Crippen LogP contribution in [0.3, 0.4) is 0 Å². The molecule has 118 valence electrons. The van der Waals surface area contributed by atoms with E-state index in [2.05, 4.69) is 10.4 Å². The van der Waals surface area contributed by atoms with Crippen molar-refractivity contribution >= 4 is 17.5 Å². The van der Waals surface area contributed by atoms with Crippen molar-refractivity contribution in [1.82, 2.24) is 19.5 Å². The van der Waals surface area contributed by atoms with Crippen LogP contribution in [0.1, 0.15) is 19.8 Å². The molecule has 0 bridgehead atoms. The number of aromatic nitrogens is 3. The highest BCUT2D eigenvalue weighted by molar-refractivity contribution is 5.75. The summed E-state index contributed by atoms with van der Waals surface area (Å²) in [6.07, 6.45) is 2.34. The lowest BCUT2D eigenvalue weighted by atomic mass is 10.3. The van der Waals surface area contributed by atoms with Gasteiger partial charge in [0.2, 0.25) is 5.91 Å². The third-order valence-corrected chi connectivity index (χ3v) is 2.97. The van der Waals surface area contributed by atoms with Crippen LogP contribution in [-0.2, 0) is 20.9 Å². The molecule has 8 heteroatoms. The fraction of sp³-hybridized carbons (Fsp3) is 0.429. The Labute approximate surface area is 126 Å². The molecule has 2 aromatic heterocycles. The van der Waals surface area contributed by atoms with Gasteiger partial charge in [-0.1, -0.05) is 6.07 Å². The molecule has 0 unspecified atom stereocenters. The largest absolute Gasteiger partial charge is 0.466 e. The van der Waals surface area contributed by atoms with Crippen LogP contribution in [0.25, 0.3) is 5.65 Å². The lowest BCUT2D eigenvalue weighted by molar-refractivity contribution is -0.143. The van der Waals surface area contributed by atoms with Crippen molar-refractivity contribution in [2.24, 2.45) is 0 Å². The number of nitrogens with one attached hydrogen (secondary N) is 1. The number of pyridine rings is 1. The number of amides is 1. The van der Waals surface area contributed by atoms with Crippen LogP contribution < -0.4 is 11.0 Å².